The molecular weight excluding hydrogens is 723 g/mol. The van der Waals surface area contributed by atoms with Crippen molar-refractivity contribution in [3.05, 3.63) is 41.6 Å². The summed E-state index contributed by atoms with van der Waals surface area (Å²) >= 11 is 0. The van der Waals surface area contributed by atoms with Crippen LogP contribution in [0.1, 0.15) is 117 Å². The van der Waals surface area contributed by atoms with Crippen molar-refractivity contribution in [3.8, 4) is 11.5 Å². The fourth-order valence-corrected chi connectivity index (χ4v) is 8.85. The molecule has 13 nitrogen and oxygen atoms in total. The molecule has 3 aliphatic heterocycles. The molecule has 2 aromatic rings. The van der Waals surface area contributed by atoms with E-state index in [2.05, 4.69) is 15.4 Å². The number of ether oxygens (including phenoxy) is 3. The molecule has 4 aliphatic rings. The van der Waals surface area contributed by atoms with E-state index in [9.17, 15) is 23.4 Å². The van der Waals surface area contributed by atoms with E-state index >= 15 is 0 Å². The lowest BCUT2D eigenvalue weighted by Gasteiger charge is -2.37. The Hall–Kier alpha value is -4.20. The summed E-state index contributed by atoms with van der Waals surface area (Å²) in [4.78, 5) is 62.9. The Labute approximate surface area is 326 Å². The molecule has 300 valence electrons. The summed E-state index contributed by atoms with van der Waals surface area (Å²) in [6.07, 6.45) is 10.1. The van der Waals surface area contributed by atoms with Crippen molar-refractivity contribution in [1.82, 2.24) is 25.2 Å². The van der Waals surface area contributed by atoms with Crippen LogP contribution in [0.4, 0.5) is 4.79 Å². The largest absolute Gasteiger partial charge is 0.497 e. The first-order valence-corrected chi connectivity index (χ1v) is 20.8. The summed E-state index contributed by atoms with van der Waals surface area (Å²) in [5, 5.41) is 6.74. The van der Waals surface area contributed by atoms with Gasteiger partial charge in [-0.2, -0.15) is 0 Å². The van der Waals surface area contributed by atoms with Crippen LogP contribution < -0.4 is 24.8 Å². The number of alkyl carbamates (subject to hydrolysis) is 1. The van der Waals surface area contributed by atoms with E-state index in [4.69, 9.17) is 19.2 Å². The fraction of sp³-hybridized carbons (Fsp3) is 0.634. The average Bonchev–Trinajstić information content (AvgIpc) is 3.79. The average molecular weight is 780 g/mol. The van der Waals surface area contributed by atoms with Gasteiger partial charge in [0.05, 0.1) is 29.6 Å². The third-order valence-corrected chi connectivity index (χ3v) is 13.0. The van der Waals surface area contributed by atoms with Crippen LogP contribution in [0.5, 0.6) is 11.5 Å². The summed E-state index contributed by atoms with van der Waals surface area (Å²) < 4.78 is 33.4. The van der Waals surface area contributed by atoms with Gasteiger partial charge in [0.15, 0.2) is 0 Å². The number of aromatic nitrogens is 1. The molecule has 1 saturated heterocycles. The minimum absolute atomic E-state index is 0.0837. The second-order valence-electron chi connectivity index (χ2n) is 17.1. The van der Waals surface area contributed by atoms with Gasteiger partial charge >= 0.3 is 6.09 Å². The molecule has 1 aromatic heterocycles. The highest BCUT2D eigenvalue weighted by atomic mass is 32.2. The molecule has 5 atom stereocenters. The number of rotatable bonds is 6. The molecule has 6 rings (SSSR count). The molecule has 55 heavy (non-hydrogen) atoms. The zero-order valence-electron chi connectivity index (χ0n) is 33.3. The van der Waals surface area contributed by atoms with Gasteiger partial charge in [-0.1, -0.05) is 31.9 Å². The van der Waals surface area contributed by atoms with Gasteiger partial charge in [0.2, 0.25) is 11.8 Å². The molecule has 1 aliphatic carbocycles. The Morgan fingerprint density at radius 2 is 1.87 bits per heavy atom. The maximum absolute atomic E-state index is 14.8. The summed E-state index contributed by atoms with van der Waals surface area (Å²) in [5.41, 5.74) is -0.582. The van der Waals surface area contributed by atoms with E-state index in [1.807, 2.05) is 44.2 Å². The molecule has 2 fully saturated rings. The van der Waals surface area contributed by atoms with Crippen LogP contribution >= 0.6 is 0 Å². The summed E-state index contributed by atoms with van der Waals surface area (Å²) in [6.45, 7) is 10.9. The lowest BCUT2D eigenvalue weighted by atomic mass is 9.86. The maximum Gasteiger partial charge on any atom is 0.408 e. The van der Waals surface area contributed by atoms with Gasteiger partial charge in [-0.05, 0) is 111 Å². The van der Waals surface area contributed by atoms with Crippen molar-refractivity contribution >= 4 is 45.7 Å². The zero-order chi connectivity index (χ0) is 39.8. The Morgan fingerprint density at radius 3 is 2.56 bits per heavy atom. The SMILES string of the molecule is CCc1nc2ccc(OC)cc2c2c1O[C@]1(CC2)C[C@H]2C(=O)N[C@@](C)(C(=O)NS(=O)C3(C)CC3)C/C=C\CCCCC[C@H](NC(=O)OC(C)(C)C)C(=O)N2C1. The van der Waals surface area contributed by atoms with Gasteiger partial charge in [-0.25, -0.2) is 14.0 Å². The van der Waals surface area contributed by atoms with E-state index in [0.717, 1.165) is 54.3 Å². The van der Waals surface area contributed by atoms with E-state index in [1.165, 1.54) is 4.90 Å². The summed E-state index contributed by atoms with van der Waals surface area (Å²) in [7, 11) is -0.00470. The number of pyridine rings is 1. The molecule has 1 spiro atoms. The minimum Gasteiger partial charge on any atom is -0.497 e. The van der Waals surface area contributed by atoms with Gasteiger partial charge in [0.25, 0.3) is 5.91 Å². The first-order valence-electron chi connectivity index (χ1n) is 19.7. The van der Waals surface area contributed by atoms with Crippen molar-refractivity contribution in [2.45, 2.75) is 152 Å². The first kappa shape index (κ1) is 40.5. The van der Waals surface area contributed by atoms with Gasteiger partial charge in [0, 0.05) is 17.4 Å². The normalized spacial score (nSPS) is 28.0. The molecule has 14 heteroatoms. The number of amides is 4. The number of hydrogen-bond acceptors (Lipinski definition) is 9. The highest BCUT2D eigenvalue weighted by Crippen LogP contribution is 2.46. The smallest absolute Gasteiger partial charge is 0.408 e. The minimum atomic E-state index is -1.63. The van der Waals surface area contributed by atoms with Crippen LogP contribution in [-0.2, 0) is 42.9 Å². The molecule has 1 unspecified atom stereocenters. The molecular formula is C41H57N5O8S. The lowest BCUT2D eigenvalue weighted by molar-refractivity contribution is -0.142. The van der Waals surface area contributed by atoms with Crippen LogP contribution in [0.2, 0.25) is 0 Å². The van der Waals surface area contributed by atoms with Crippen LogP contribution in [0.3, 0.4) is 0 Å². The third-order valence-electron chi connectivity index (χ3n) is 11.3. The molecule has 3 N–H and O–H groups in total. The molecule has 1 aromatic carbocycles. The fourth-order valence-electron chi connectivity index (χ4n) is 7.74. The zero-order valence-corrected chi connectivity index (χ0v) is 34.1. The quantitative estimate of drug-likeness (QED) is 0.322. The van der Waals surface area contributed by atoms with Crippen molar-refractivity contribution < 1.29 is 37.6 Å². The molecule has 4 heterocycles. The van der Waals surface area contributed by atoms with Gasteiger partial charge in [-0.3, -0.25) is 19.1 Å². The second kappa shape index (κ2) is 15.7. The molecule has 4 amide bonds. The number of methoxy groups -OCH3 is 1. The number of carbonyl (C=O) groups is 4. The van der Waals surface area contributed by atoms with Gasteiger partial charge in [-0.15, -0.1) is 0 Å². The van der Waals surface area contributed by atoms with Crippen molar-refractivity contribution in [2.75, 3.05) is 13.7 Å². The Kier molecular flexibility index (Phi) is 11.6. The van der Waals surface area contributed by atoms with E-state index in [-0.39, 0.29) is 19.4 Å². The van der Waals surface area contributed by atoms with Crippen LogP contribution in [-0.4, -0.2) is 85.1 Å². The highest BCUT2D eigenvalue weighted by molar-refractivity contribution is 7.85. The van der Waals surface area contributed by atoms with E-state index < -0.39 is 68.4 Å². The van der Waals surface area contributed by atoms with E-state index in [0.29, 0.717) is 43.6 Å². The van der Waals surface area contributed by atoms with Crippen molar-refractivity contribution in [1.29, 1.82) is 0 Å². The lowest BCUT2D eigenvalue weighted by Crippen LogP contribution is -2.61. The van der Waals surface area contributed by atoms with Gasteiger partial charge in [0.1, 0.15) is 51.3 Å². The van der Waals surface area contributed by atoms with Crippen LogP contribution in [0.25, 0.3) is 10.9 Å². The maximum atomic E-state index is 14.8. The van der Waals surface area contributed by atoms with Crippen molar-refractivity contribution in [3.63, 3.8) is 0 Å². The number of benzene rings is 1. The van der Waals surface area contributed by atoms with Crippen LogP contribution in [0, 0.1) is 0 Å². The van der Waals surface area contributed by atoms with E-state index in [1.54, 1.807) is 34.8 Å². The number of fused-ring (bicyclic) bond motifs is 4. The van der Waals surface area contributed by atoms with Crippen molar-refractivity contribution in [2.24, 2.45) is 0 Å². The predicted molar refractivity (Wildman–Crippen MR) is 210 cm³/mol. The number of hydrogen-bond donors (Lipinski definition) is 3. The Balaban J connectivity index is 1.37. The van der Waals surface area contributed by atoms with Gasteiger partial charge < -0.3 is 29.7 Å². The third kappa shape index (κ3) is 8.94. The first-order chi connectivity index (χ1) is 26.0. The number of aryl methyl sites for hydroxylation is 2. The van der Waals surface area contributed by atoms with Crippen LogP contribution in [0.15, 0.2) is 30.4 Å². The second-order valence-corrected chi connectivity index (χ2v) is 18.8. The number of nitrogens with one attached hydrogen (secondary N) is 3. The number of carbonyl (C=O) groups excluding carboxylic acids is 4. The predicted octanol–water partition coefficient (Wildman–Crippen LogP) is 5.48. The number of nitrogens with zero attached hydrogens (tertiary/aromatic N) is 2. The monoisotopic (exact) mass is 779 g/mol. The molecule has 0 radical (unpaired) electrons. The number of allylic oxidation sites excluding steroid dienone is 1. The Bertz CT molecular complexity index is 1890. The highest BCUT2D eigenvalue weighted by Gasteiger charge is 2.54. The summed E-state index contributed by atoms with van der Waals surface area (Å²) in [6, 6.07) is 3.78. The molecule has 1 saturated carbocycles. The topological polar surface area (TPSA) is 165 Å². The standard InChI is InChI=1S/C41H57N5O8S/c1-8-29-33-27(28-23-26(52-7)16-17-30(28)42-29)18-20-41(53-33)24-32-34(47)44-40(6,36(49)45-55(51)39(5)21-22-39)19-14-12-10-9-11-13-15-31(35(48)46(32)25-41)43-37(50)54-38(2,3)4/h12,14,16-17,23,31-32H,8-11,13,15,18-22,24-25H2,1-7H3,(H,43,50)(H,44,47)(H,45,49)/b14-12-/t31-,32-,40+,41+,55?/m0/s1. The Morgan fingerprint density at radius 1 is 1.11 bits per heavy atom. The molecule has 0 bridgehead atoms. The summed E-state index contributed by atoms with van der Waals surface area (Å²) in [5.74, 6) is -0.150.